The van der Waals surface area contributed by atoms with E-state index in [1.165, 1.54) is 62.6 Å². The molecule has 0 amide bonds. The predicted molar refractivity (Wildman–Crippen MR) is 132 cm³/mol. The molecule has 1 N–H and O–H groups in total. The van der Waals surface area contributed by atoms with E-state index in [1.54, 1.807) is 5.57 Å². The van der Waals surface area contributed by atoms with Crippen LogP contribution < -0.4 is 0 Å². The monoisotopic (exact) mass is 472 g/mol. The van der Waals surface area contributed by atoms with Crippen LogP contribution in [0.15, 0.2) is 10.6 Å². The molecular weight excluding hydrogens is 422 g/mol. The fourth-order valence-electron chi connectivity index (χ4n) is 5.87. The predicted octanol–water partition coefficient (Wildman–Crippen LogP) is 7.55. The van der Waals surface area contributed by atoms with Gasteiger partial charge in [-0.3, -0.25) is 0 Å². The Bertz CT molecular complexity index is 497. The molecule has 0 saturated heterocycles. The summed E-state index contributed by atoms with van der Waals surface area (Å²) in [4.78, 5) is 2.22. The molecule has 0 aromatic carbocycles. The third kappa shape index (κ3) is 7.65. The van der Waals surface area contributed by atoms with Gasteiger partial charge < -0.3 is 9.59 Å². The molecule has 0 radical (unpaired) electrons. The van der Waals surface area contributed by atoms with Gasteiger partial charge in [-0.25, -0.2) is 0 Å². The van der Waals surface area contributed by atoms with E-state index < -0.39 is 5.60 Å². The number of hydrogen-bond donors (Lipinski definition) is 1. The molecule has 172 valence electrons. The average Bonchev–Trinajstić information content (AvgIpc) is 3.03. The summed E-state index contributed by atoms with van der Waals surface area (Å²) >= 11 is 3.60. The molecule has 2 aliphatic carbocycles. The van der Waals surface area contributed by atoms with Crippen LogP contribution in [0.25, 0.3) is 0 Å². The molecule has 3 heteroatoms. The standard InChI is InChI=1S/C19H33BrO.C7H18N/c1-14(7-5-11-18(2,3)21)16-9-10-17-15(13-20)8-6-12-19(16,17)4;1-5-8(4,6-2)7-3/h13-14,16-17,21H,5-12H2,1-4H3;5-7H2,1-4H3/q;+1/b15-13+;/t14-,16?,17?,19-;/m1./s1. The van der Waals surface area contributed by atoms with Crippen molar-refractivity contribution in [1.82, 2.24) is 0 Å². The molecule has 0 aliphatic heterocycles. The zero-order valence-corrected chi connectivity index (χ0v) is 22.4. The van der Waals surface area contributed by atoms with E-state index in [1.807, 2.05) is 13.8 Å². The van der Waals surface area contributed by atoms with Crippen LogP contribution in [0.3, 0.4) is 0 Å². The second kappa shape index (κ2) is 11.7. The molecule has 2 unspecified atom stereocenters. The van der Waals surface area contributed by atoms with Crippen molar-refractivity contribution in [2.75, 3.05) is 26.7 Å². The summed E-state index contributed by atoms with van der Waals surface area (Å²) in [5.74, 6) is 2.47. The van der Waals surface area contributed by atoms with Crippen LogP contribution in [-0.4, -0.2) is 41.9 Å². The number of fused-ring (bicyclic) bond motifs is 1. The van der Waals surface area contributed by atoms with Gasteiger partial charge in [0.1, 0.15) is 0 Å². The highest BCUT2D eigenvalue weighted by Gasteiger charge is 2.50. The van der Waals surface area contributed by atoms with Crippen LogP contribution >= 0.6 is 15.9 Å². The minimum atomic E-state index is -0.501. The zero-order valence-electron chi connectivity index (χ0n) is 20.9. The number of quaternary nitrogens is 1. The second-order valence-electron chi connectivity index (χ2n) is 11.0. The van der Waals surface area contributed by atoms with Gasteiger partial charge in [0, 0.05) is 0 Å². The molecule has 0 heterocycles. The topological polar surface area (TPSA) is 20.2 Å². The molecule has 0 aromatic heterocycles. The molecule has 2 saturated carbocycles. The van der Waals surface area contributed by atoms with E-state index in [4.69, 9.17) is 0 Å². The van der Waals surface area contributed by atoms with Crippen molar-refractivity contribution >= 4 is 15.9 Å². The lowest BCUT2D eigenvalue weighted by atomic mass is 9.61. The van der Waals surface area contributed by atoms with Crippen LogP contribution in [0.4, 0.5) is 0 Å². The number of rotatable bonds is 8. The van der Waals surface area contributed by atoms with E-state index in [9.17, 15) is 5.11 Å². The van der Waals surface area contributed by atoms with Gasteiger partial charge in [0.25, 0.3) is 0 Å². The first-order valence-electron chi connectivity index (χ1n) is 12.3. The lowest BCUT2D eigenvalue weighted by Gasteiger charge is -2.44. The first-order valence-corrected chi connectivity index (χ1v) is 13.2. The van der Waals surface area contributed by atoms with Crippen LogP contribution in [0.1, 0.15) is 99.8 Å². The minimum Gasteiger partial charge on any atom is -0.390 e. The van der Waals surface area contributed by atoms with E-state index in [0.29, 0.717) is 5.41 Å². The van der Waals surface area contributed by atoms with Gasteiger partial charge in [-0.15, -0.1) is 0 Å². The average molecular weight is 474 g/mol. The SMILES string of the molecule is CC[N+](C)(CC)CC.C[C@H](CCCC(C)(C)O)C1CCC2/C(=C/Br)CCC[C@@]21C. The van der Waals surface area contributed by atoms with Crippen molar-refractivity contribution in [1.29, 1.82) is 0 Å². The summed E-state index contributed by atoms with van der Waals surface area (Å²) in [5.41, 5.74) is 1.68. The molecule has 0 bridgehead atoms. The second-order valence-corrected chi connectivity index (χ2v) is 11.5. The third-order valence-corrected chi connectivity index (χ3v) is 9.19. The number of aliphatic hydroxyl groups is 1. The Morgan fingerprint density at radius 1 is 1.21 bits per heavy atom. The van der Waals surface area contributed by atoms with Crippen molar-refractivity contribution in [2.24, 2.45) is 23.2 Å². The van der Waals surface area contributed by atoms with Crippen molar-refractivity contribution in [3.63, 3.8) is 0 Å². The number of halogens is 1. The Hall–Kier alpha value is 0.140. The lowest BCUT2D eigenvalue weighted by Crippen LogP contribution is -2.42. The Morgan fingerprint density at radius 2 is 1.79 bits per heavy atom. The smallest absolute Gasteiger partial charge is 0.0755 e. The Balaban J connectivity index is 0.000000447. The fourth-order valence-corrected chi connectivity index (χ4v) is 6.42. The highest BCUT2D eigenvalue weighted by Crippen LogP contribution is 2.60. The molecule has 2 aliphatic rings. The number of allylic oxidation sites excluding steroid dienone is 1. The van der Waals surface area contributed by atoms with Gasteiger partial charge >= 0.3 is 0 Å². The highest BCUT2D eigenvalue weighted by atomic mass is 79.9. The molecule has 4 atom stereocenters. The molecular formula is C26H51BrNO+. The Morgan fingerprint density at radius 3 is 2.24 bits per heavy atom. The largest absolute Gasteiger partial charge is 0.390 e. The first kappa shape index (κ1) is 27.2. The van der Waals surface area contributed by atoms with E-state index >= 15 is 0 Å². The quantitative estimate of drug-likeness (QED) is 0.361. The fraction of sp³-hybridized carbons (Fsp3) is 0.923. The number of nitrogens with zero attached hydrogens (tertiary/aromatic N) is 1. The summed E-state index contributed by atoms with van der Waals surface area (Å²) in [6.07, 6.45) is 10.2. The summed E-state index contributed by atoms with van der Waals surface area (Å²) in [6.45, 7) is 19.4. The van der Waals surface area contributed by atoms with Crippen molar-refractivity contribution in [3.8, 4) is 0 Å². The van der Waals surface area contributed by atoms with Crippen molar-refractivity contribution in [2.45, 2.75) is 105 Å². The third-order valence-electron chi connectivity index (χ3n) is 8.60. The normalized spacial score (nSPS) is 29.9. The van der Waals surface area contributed by atoms with Gasteiger partial charge in [0.2, 0.25) is 0 Å². The van der Waals surface area contributed by atoms with Gasteiger partial charge in [0.15, 0.2) is 0 Å². The van der Waals surface area contributed by atoms with Gasteiger partial charge in [-0.1, -0.05) is 48.2 Å². The van der Waals surface area contributed by atoms with Crippen molar-refractivity contribution in [3.05, 3.63) is 10.6 Å². The Kier molecular flexibility index (Phi) is 10.9. The summed E-state index contributed by atoms with van der Waals surface area (Å²) < 4.78 is 1.21. The summed E-state index contributed by atoms with van der Waals surface area (Å²) in [6, 6.07) is 0. The molecule has 0 aromatic rings. The molecule has 29 heavy (non-hydrogen) atoms. The van der Waals surface area contributed by atoms with Crippen LogP contribution in [0.5, 0.6) is 0 Å². The van der Waals surface area contributed by atoms with Gasteiger partial charge in [-0.2, -0.15) is 0 Å². The molecule has 0 spiro atoms. The minimum absolute atomic E-state index is 0.501. The maximum atomic E-state index is 9.89. The molecule has 2 nitrogen and oxygen atoms in total. The number of hydrogen-bond acceptors (Lipinski definition) is 1. The van der Waals surface area contributed by atoms with Crippen LogP contribution in [-0.2, 0) is 0 Å². The lowest BCUT2D eigenvalue weighted by molar-refractivity contribution is -0.904. The molecule has 2 rings (SSSR count). The molecule has 2 fully saturated rings. The highest BCUT2D eigenvalue weighted by molar-refractivity contribution is 9.11. The van der Waals surface area contributed by atoms with E-state index in [0.717, 1.165) is 30.6 Å². The van der Waals surface area contributed by atoms with E-state index in [2.05, 4.69) is 62.6 Å². The van der Waals surface area contributed by atoms with Gasteiger partial charge in [-0.05, 0) is 101 Å². The van der Waals surface area contributed by atoms with Crippen LogP contribution in [0, 0.1) is 23.2 Å². The maximum absolute atomic E-state index is 9.89. The van der Waals surface area contributed by atoms with Crippen LogP contribution in [0.2, 0.25) is 0 Å². The maximum Gasteiger partial charge on any atom is 0.0755 e. The van der Waals surface area contributed by atoms with Crippen molar-refractivity contribution < 1.29 is 9.59 Å². The zero-order chi connectivity index (χ0) is 22.3. The first-order chi connectivity index (χ1) is 13.5. The summed E-state index contributed by atoms with van der Waals surface area (Å²) in [7, 11) is 2.29. The Labute approximate surface area is 191 Å². The summed E-state index contributed by atoms with van der Waals surface area (Å²) in [5, 5.41) is 9.89. The van der Waals surface area contributed by atoms with Gasteiger partial charge in [0.05, 0.1) is 32.3 Å². The van der Waals surface area contributed by atoms with E-state index in [-0.39, 0.29) is 0 Å².